The van der Waals surface area contributed by atoms with Gasteiger partial charge in [0.05, 0.1) is 5.25 Å². The predicted octanol–water partition coefficient (Wildman–Crippen LogP) is 4.12. The molecule has 1 aromatic carbocycles. The summed E-state index contributed by atoms with van der Waals surface area (Å²) in [6.45, 7) is 0.539. The number of hydrogen-bond acceptors (Lipinski definition) is 5. The molecule has 6 heteroatoms. The van der Waals surface area contributed by atoms with Crippen molar-refractivity contribution in [3.8, 4) is 5.75 Å². The van der Waals surface area contributed by atoms with E-state index >= 15 is 0 Å². The van der Waals surface area contributed by atoms with Gasteiger partial charge in [-0.2, -0.15) is 0 Å². The number of benzene rings is 1. The fraction of sp³-hybridized carbons (Fsp3) is 0.350. The summed E-state index contributed by atoms with van der Waals surface area (Å²) in [6, 6.07) is 12.1. The van der Waals surface area contributed by atoms with Crippen LogP contribution in [0.1, 0.15) is 36.8 Å². The van der Waals surface area contributed by atoms with Gasteiger partial charge < -0.3 is 4.74 Å². The maximum Gasteiger partial charge on any atom is 0.286 e. The molecule has 1 aromatic heterocycles. The Hall–Kier alpha value is -2.34. The molecule has 0 saturated carbocycles. The summed E-state index contributed by atoms with van der Waals surface area (Å²) < 4.78 is 5.77. The normalized spacial score (nSPS) is 16.5. The zero-order valence-electron chi connectivity index (χ0n) is 14.5. The van der Waals surface area contributed by atoms with Crippen LogP contribution < -0.4 is 10.1 Å². The van der Waals surface area contributed by atoms with Gasteiger partial charge >= 0.3 is 0 Å². The highest BCUT2D eigenvalue weighted by atomic mass is 32.2. The molecule has 1 unspecified atom stereocenters. The quantitative estimate of drug-likeness (QED) is 0.673. The first-order valence-electron chi connectivity index (χ1n) is 8.83. The largest absolute Gasteiger partial charge is 0.489 e. The number of pyridine rings is 1. The Morgan fingerprint density at radius 2 is 1.73 bits per heavy atom. The highest BCUT2D eigenvalue weighted by molar-refractivity contribution is 8.15. The number of rotatable bonds is 9. The molecule has 136 valence electrons. The van der Waals surface area contributed by atoms with E-state index in [0.29, 0.717) is 6.61 Å². The highest BCUT2D eigenvalue weighted by Crippen LogP contribution is 2.24. The summed E-state index contributed by atoms with van der Waals surface area (Å²) in [7, 11) is 0. The number of nitrogens with zero attached hydrogens (tertiary/aromatic N) is 1. The lowest BCUT2D eigenvalue weighted by Crippen LogP contribution is -2.24. The number of carbonyl (C=O) groups excluding carboxylic acids is 2. The SMILES string of the molecule is O=C1NC(=O)C(CCCCCc2ccc(OCc3ccncc3)cc2)S1. The third kappa shape index (κ3) is 5.59. The van der Waals surface area contributed by atoms with Gasteiger partial charge in [0, 0.05) is 12.4 Å². The number of nitrogens with one attached hydrogen (secondary N) is 1. The molecule has 26 heavy (non-hydrogen) atoms. The first-order valence-corrected chi connectivity index (χ1v) is 9.71. The second kappa shape index (κ2) is 9.38. The van der Waals surface area contributed by atoms with Crippen molar-refractivity contribution < 1.29 is 14.3 Å². The Morgan fingerprint density at radius 1 is 0.962 bits per heavy atom. The van der Waals surface area contributed by atoms with Crippen molar-refractivity contribution >= 4 is 22.9 Å². The summed E-state index contributed by atoms with van der Waals surface area (Å²) >= 11 is 1.12. The van der Waals surface area contributed by atoms with Gasteiger partial charge in [-0.15, -0.1) is 0 Å². The van der Waals surface area contributed by atoms with E-state index in [9.17, 15) is 9.59 Å². The summed E-state index contributed by atoms with van der Waals surface area (Å²) in [4.78, 5) is 26.6. The van der Waals surface area contributed by atoms with Crippen LogP contribution in [-0.4, -0.2) is 21.4 Å². The van der Waals surface area contributed by atoms with Crippen molar-refractivity contribution in [2.75, 3.05) is 0 Å². The van der Waals surface area contributed by atoms with Gasteiger partial charge in [-0.25, -0.2) is 0 Å². The average molecular weight is 370 g/mol. The molecule has 0 bridgehead atoms. The van der Waals surface area contributed by atoms with E-state index in [1.165, 1.54) is 5.56 Å². The molecule has 5 nitrogen and oxygen atoms in total. The summed E-state index contributed by atoms with van der Waals surface area (Å²) in [6.07, 6.45) is 8.39. The zero-order chi connectivity index (χ0) is 18.2. The molecule has 1 fully saturated rings. The topological polar surface area (TPSA) is 68.3 Å². The molecule has 1 aliphatic rings. The number of ether oxygens (including phenoxy) is 1. The second-order valence-corrected chi connectivity index (χ2v) is 7.45. The van der Waals surface area contributed by atoms with Gasteiger partial charge in [-0.05, 0) is 54.7 Å². The molecule has 0 radical (unpaired) electrons. The fourth-order valence-corrected chi connectivity index (χ4v) is 3.69. The fourth-order valence-electron chi connectivity index (χ4n) is 2.82. The van der Waals surface area contributed by atoms with Gasteiger partial charge in [0.2, 0.25) is 5.91 Å². The van der Waals surface area contributed by atoms with E-state index in [0.717, 1.165) is 55.2 Å². The number of thioether (sulfide) groups is 1. The van der Waals surface area contributed by atoms with E-state index < -0.39 is 0 Å². The first-order chi connectivity index (χ1) is 12.7. The van der Waals surface area contributed by atoms with Crippen LogP contribution in [0.5, 0.6) is 5.75 Å². The number of amides is 2. The molecule has 1 aliphatic heterocycles. The van der Waals surface area contributed by atoms with Gasteiger partial charge in [0.1, 0.15) is 12.4 Å². The van der Waals surface area contributed by atoms with Crippen molar-refractivity contribution in [1.29, 1.82) is 0 Å². The smallest absolute Gasteiger partial charge is 0.286 e. The zero-order valence-corrected chi connectivity index (χ0v) is 15.3. The predicted molar refractivity (Wildman–Crippen MR) is 102 cm³/mol. The number of unbranched alkanes of at least 4 members (excludes halogenated alkanes) is 2. The molecule has 1 N–H and O–H groups in total. The van der Waals surface area contributed by atoms with Crippen LogP contribution in [0.2, 0.25) is 0 Å². The molecular weight excluding hydrogens is 348 g/mol. The van der Waals surface area contributed by atoms with Crippen LogP contribution in [0.25, 0.3) is 0 Å². The second-order valence-electron chi connectivity index (χ2n) is 6.27. The third-order valence-corrected chi connectivity index (χ3v) is 5.33. The maximum atomic E-state index is 11.5. The van der Waals surface area contributed by atoms with Crippen LogP contribution in [0.3, 0.4) is 0 Å². The number of carbonyl (C=O) groups is 2. The van der Waals surface area contributed by atoms with Gasteiger partial charge in [0.25, 0.3) is 5.24 Å². The molecule has 3 rings (SSSR count). The minimum absolute atomic E-state index is 0.137. The van der Waals surface area contributed by atoms with E-state index in [2.05, 4.69) is 22.4 Å². The lowest BCUT2D eigenvalue weighted by Gasteiger charge is -2.08. The van der Waals surface area contributed by atoms with E-state index in [1.807, 2.05) is 24.3 Å². The Morgan fingerprint density at radius 3 is 2.42 bits per heavy atom. The minimum atomic E-state index is -0.216. The van der Waals surface area contributed by atoms with Gasteiger partial charge in [-0.1, -0.05) is 36.7 Å². The third-order valence-electron chi connectivity index (χ3n) is 4.28. The maximum absolute atomic E-state index is 11.5. The van der Waals surface area contributed by atoms with E-state index in [1.54, 1.807) is 12.4 Å². The monoisotopic (exact) mass is 370 g/mol. The van der Waals surface area contributed by atoms with Crippen LogP contribution in [0.15, 0.2) is 48.8 Å². The summed E-state index contributed by atoms with van der Waals surface area (Å²) in [5.74, 6) is 0.724. The molecule has 0 spiro atoms. The number of aryl methyl sites for hydroxylation is 1. The lowest BCUT2D eigenvalue weighted by molar-refractivity contribution is -0.119. The van der Waals surface area contributed by atoms with Crippen LogP contribution in [-0.2, 0) is 17.8 Å². The standard InChI is InChI=1S/C20H22N2O3S/c23-19-18(26-20(24)22-19)5-3-1-2-4-15-6-8-17(9-7-15)25-14-16-10-12-21-13-11-16/h6-13,18H,1-5,14H2,(H,22,23,24). The Balaban J connectivity index is 1.33. The number of imide groups is 1. The highest BCUT2D eigenvalue weighted by Gasteiger charge is 2.30. The van der Waals surface area contributed by atoms with E-state index in [4.69, 9.17) is 4.74 Å². The van der Waals surface area contributed by atoms with Gasteiger partial charge in [-0.3, -0.25) is 19.9 Å². The van der Waals surface area contributed by atoms with Crippen LogP contribution in [0, 0.1) is 0 Å². The van der Waals surface area contributed by atoms with Crippen molar-refractivity contribution in [1.82, 2.24) is 10.3 Å². The van der Waals surface area contributed by atoms with Crippen LogP contribution in [0.4, 0.5) is 4.79 Å². The van der Waals surface area contributed by atoms with Crippen LogP contribution >= 0.6 is 11.8 Å². The molecule has 0 aliphatic carbocycles. The van der Waals surface area contributed by atoms with E-state index in [-0.39, 0.29) is 16.4 Å². The molecule has 2 aromatic rings. The minimum Gasteiger partial charge on any atom is -0.489 e. The van der Waals surface area contributed by atoms with Gasteiger partial charge in [0.15, 0.2) is 0 Å². The molecule has 2 heterocycles. The molecule has 2 amide bonds. The van der Waals surface area contributed by atoms with Crippen molar-refractivity contribution in [2.24, 2.45) is 0 Å². The van der Waals surface area contributed by atoms with Crippen molar-refractivity contribution in [3.63, 3.8) is 0 Å². The van der Waals surface area contributed by atoms with Crippen molar-refractivity contribution in [2.45, 2.75) is 44.0 Å². The number of hydrogen-bond donors (Lipinski definition) is 1. The van der Waals surface area contributed by atoms with Crippen molar-refractivity contribution in [3.05, 3.63) is 59.9 Å². The summed E-state index contributed by atoms with van der Waals surface area (Å²) in [5.41, 5.74) is 2.38. The number of aromatic nitrogens is 1. The summed E-state index contributed by atoms with van der Waals surface area (Å²) in [5, 5.41) is 1.92. The molecule has 1 saturated heterocycles. The molecular formula is C20H22N2O3S. The Labute approximate surface area is 157 Å². The molecule has 1 atom stereocenters. The lowest BCUT2D eigenvalue weighted by atomic mass is 10.1. The first kappa shape index (κ1) is 18.5. The Kier molecular flexibility index (Phi) is 6.66. The Bertz CT molecular complexity index is 734. The average Bonchev–Trinajstić information content (AvgIpc) is 2.99.